The summed E-state index contributed by atoms with van der Waals surface area (Å²) in [5, 5.41) is 2.90. The highest BCUT2D eigenvalue weighted by Gasteiger charge is 2.19. The Labute approximate surface area is 127 Å². The first-order chi connectivity index (χ1) is 10.2. The second kappa shape index (κ2) is 7.85. The van der Waals surface area contributed by atoms with E-state index in [1.807, 2.05) is 0 Å². The van der Waals surface area contributed by atoms with E-state index in [2.05, 4.69) is 53.2 Å². The van der Waals surface area contributed by atoms with Crippen molar-refractivity contribution in [2.75, 3.05) is 19.6 Å². The number of likely N-dealkylation sites (tertiary alicyclic amines) is 1. The van der Waals surface area contributed by atoms with Crippen molar-refractivity contribution in [1.82, 2.24) is 10.2 Å². The van der Waals surface area contributed by atoms with Crippen LogP contribution in [0.2, 0.25) is 0 Å². The van der Waals surface area contributed by atoms with Crippen molar-refractivity contribution in [3.8, 4) is 11.8 Å². The number of amides is 1. The monoisotopic (exact) mass is 284 g/mol. The van der Waals surface area contributed by atoms with Gasteiger partial charge in [0.25, 0.3) is 5.91 Å². The summed E-state index contributed by atoms with van der Waals surface area (Å²) in [6.45, 7) is 7.86. The van der Waals surface area contributed by atoms with Crippen LogP contribution in [0.25, 0.3) is 0 Å². The number of benzene rings is 1. The van der Waals surface area contributed by atoms with Crippen molar-refractivity contribution in [2.24, 2.45) is 5.92 Å². The van der Waals surface area contributed by atoms with Crippen LogP contribution in [-0.4, -0.2) is 30.4 Å². The van der Waals surface area contributed by atoms with Gasteiger partial charge in [0.15, 0.2) is 0 Å². The number of rotatable bonds is 4. The third kappa shape index (κ3) is 4.91. The topological polar surface area (TPSA) is 32.3 Å². The fourth-order valence-corrected chi connectivity index (χ4v) is 2.77. The standard InChI is InChI=1S/C18H24N2O/c1-3-6-18(21)19-13-16-9-11-20(12-10-16)14-17-8-5-4-7-15(17)2/h4-5,7-8,16H,9-14H2,1-2H3,(H,19,21). The first kappa shape index (κ1) is 15.6. The molecule has 0 radical (unpaired) electrons. The number of aryl methyl sites for hydroxylation is 1. The molecule has 1 N–H and O–H groups in total. The van der Waals surface area contributed by atoms with Gasteiger partial charge >= 0.3 is 0 Å². The van der Waals surface area contributed by atoms with Gasteiger partial charge < -0.3 is 5.32 Å². The van der Waals surface area contributed by atoms with E-state index in [4.69, 9.17) is 0 Å². The minimum atomic E-state index is -0.153. The largest absolute Gasteiger partial charge is 0.345 e. The van der Waals surface area contributed by atoms with Crippen LogP contribution >= 0.6 is 0 Å². The average Bonchev–Trinajstić information content (AvgIpc) is 2.49. The lowest BCUT2D eigenvalue weighted by molar-refractivity contribution is -0.115. The van der Waals surface area contributed by atoms with Crippen molar-refractivity contribution in [1.29, 1.82) is 0 Å². The smallest absolute Gasteiger partial charge is 0.295 e. The minimum Gasteiger partial charge on any atom is -0.345 e. The Balaban J connectivity index is 1.74. The van der Waals surface area contributed by atoms with Crippen LogP contribution in [0.3, 0.4) is 0 Å². The first-order valence-electron chi connectivity index (χ1n) is 7.66. The van der Waals surface area contributed by atoms with Crippen LogP contribution in [-0.2, 0) is 11.3 Å². The highest BCUT2D eigenvalue weighted by atomic mass is 16.1. The lowest BCUT2D eigenvalue weighted by Gasteiger charge is -2.32. The van der Waals surface area contributed by atoms with Gasteiger partial charge in [0.05, 0.1) is 0 Å². The molecule has 1 saturated heterocycles. The molecule has 1 fully saturated rings. The zero-order valence-corrected chi connectivity index (χ0v) is 13.0. The summed E-state index contributed by atoms with van der Waals surface area (Å²) < 4.78 is 0. The van der Waals surface area contributed by atoms with Crippen LogP contribution in [0.15, 0.2) is 24.3 Å². The normalized spacial score (nSPS) is 16.1. The molecular weight excluding hydrogens is 260 g/mol. The molecule has 1 aliphatic rings. The molecule has 1 aliphatic heterocycles. The van der Waals surface area contributed by atoms with Gasteiger partial charge in [-0.3, -0.25) is 9.69 Å². The molecule has 3 heteroatoms. The summed E-state index contributed by atoms with van der Waals surface area (Å²) >= 11 is 0. The van der Waals surface area contributed by atoms with E-state index in [9.17, 15) is 4.79 Å². The van der Waals surface area contributed by atoms with Gasteiger partial charge in [0.2, 0.25) is 0 Å². The quantitative estimate of drug-likeness (QED) is 0.861. The first-order valence-corrected chi connectivity index (χ1v) is 7.66. The van der Waals surface area contributed by atoms with E-state index in [1.54, 1.807) is 6.92 Å². The molecule has 0 spiro atoms. The summed E-state index contributed by atoms with van der Waals surface area (Å²) in [7, 11) is 0. The summed E-state index contributed by atoms with van der Waals surface area (Å²) in [5.74, 6) is 5.58. The van der Waals surface area contributed by atoms with Gasteiger partial charge in [-0.15, -0.1) is 0 Å². The van der Waals surface area contributed by atoms with Gasteiger partial charge in [-0.2, -0.15) is 0 Å². The number of hydrogen-bond donors (Lipinski definition) is 1. The molecule has 0 aromatic heterocycles. The highest BCUT2D eigenvalue weighted by molar-refractivity contribution is 5.93. The molecule has 1 heterocycles. The molecule has 2 rings (SSSR count). The summed E-state index contributed by atoms with van der Waals surface area (Å²) in [4.78, 5) is 13.8. The molecule has 3 nitrogen and oxygen atoms in total. The fourth-order valence-electron chi connectivity index (χ4n) is 2.77. The molecule has 21 heavy (non-hydrogen) atoms. The minimum absolute atomic E-state index is 0.153. The molecule has 1 amide bonds. The van der Waals surface area contributed by atoms with E-state index in [1.165, 1.54) is 11.1 Å². The van der Waals surface area contributed by atoms with Crippen molar-refractivity contribution in [3.05, 3.63) is 35.4 Å². The SMILES string of the molecule is CC#CC(=O)NCC1CCN(Cc2ccccc2C)CC1. The summed E-state index contributed by atoms with van der Waals surface area (Å²) in [6, 6.07) is 8.59. The number of piperidine rings is 1. The van der Waals surface area contributed by atoms with Crippen molar-refractivity contribution in [3.63, 3.8) is 0 Å². The van der Waals surface area contributed by atoms with Gasteiger partial charge in [0.1, 0.15) is 0 Å². The second-order valence-corrected chi connectivity index (χ2v) is 5.73. The van der Waals surface area contributed by atoms with E-state index in [0.29, 0.717) is 5.92 Å². The summed E-state index contributed by atoms with van der Waals surface area (Å²) in [5.41, 5.74) is 2.78. The van der Waals surface area contributed by atoms with E-state index < -0.39 is 0 Å². The Kier molecular flexibility index (Phi) is 5.83. The Hall–Kier alpha value is -1.79. The number of nitrogens with one attached hydrogen (secondary N) is 1. The molecule has 0 atom stereocenters. The van der Waals surface area contributed by atoms with Crippen LogP contribution in [0.1, 0.15) is 30.9 Å². The average molecular weight is 284 g/mol. The Morgan fingerprint density at radius 1 is 1.33 bits per heavy atom. The number of nitrogens with zero attached hydrogens (tertiary/aromatic N) is 1. The predicted molar refractivity (Wildman–Crippen MR) is 85.6 cm³/mol. The molecule has 1 aromatic carbocycles. The van der Waals surface area contributed by atoms with Gasteiger partial charge in [0, 0.05) is 13.1 Å². The second-order valence-electron chi connectivity index (χ2n) is 5.73. The lowest BCUT2D eigenvalue weighted by Crippen LogP contribution is -2.38. The maximum atomic E-state index is 11.3. The predicted octanol–water partition coefficient (Wildman–Crippen LogP) is 2.35. The molecule has 0 bridgehead atoms. The third-order valence-corrected chi connectivity index (χ3v) is 4.15. The van der Waals surface area contributed by atoms with Crippen LogP contribution < -0.4 is 5.32 Å². The maximum absolute atomic E-state index is 11.3. The van der Waals surface area contributed by atoms with Gasteiger partial charge in [-0.1, -0.05) is 30.2 Å². The Bertz CT molecular complexity index is 534. The molecule has 0 saturated carbocycles. The molecular formula is C18H24N2O. The number of carbonyl (C=O) groups excluding carboxylic acids is 1. The van der Waals surface area contributed by atoms with Crippen LogP contribution in [0, 0.1) is 24.7 Å². The zero-order valence-electron chi connectivity index (χ0n) is 13.0. The van der Waals surface area contributed by atoms with Gasteiger partial charge in [-0.25, -0.2) is 0 Å². The highest BCUT2D eigenvalue weighted by Crippen LogP contribution is 2.19. The fraction of sp³-hybridized carbons (Fsp3) is 0.500. The number of carbonyl (C=O) groups is 1. The van der Waals surface area contributed by atoms with E-state index >= 15 is 0 Å². The molecule has 0 aliphatic carbocycles. The Morgan fingerprint density at radius 2 is 2.05 bits per heavy atom. The third-order valence-electron chi connectivity index (χ3n) is 4.15. The van der Waals surface area contributed by atoms with E-state index in [-0.39, 0.29) is 5.91 Å². The molecule has 1 aromatic rings. The lowest BCUT2D eigenvalue weighted by atomic mass is 9.96. The summed E-state index contributed by atoms with van der Waals surface area (Å²) in [6.07, 6.45) is 2.29. The van der Waals surface area contributed by atoms with Crippen LogP contribution in [0.5, 0.6) is 0 Å². The van der Waals surface area contributed by atoms with Gasteiger partial charge in [-0.05, 0) is 62.7 Å². The van der Waals surface area contributed by atoms with E-state index in [0.717, 1.165) is 39.0 Å². The molecule has 0 unspecified atom stereocenters. The molecule has 112 valence electrons. The van der Waals surface area contributed by atoms with Crippen LogP contribution in [0.4, 0.5) is 0 Å². The van der Waals surface area contributed by atoms with Crippen molar-refractivity contribution >= 4 is 5.91 Å². The zero-order chi connectivity index (χ0) is 15.1. The maximum Gasteiger partial charge on any atom is 0.295 e. The number of hydrogen-bond acceptors (Lipinski definition) is 2. The van der Waals surface area contributed by atoms with Crippen molar-refractivity contribution < 1.29 is 4.79 Å². The Morgan fingerprint density at radius 3 is 2.71 bits per heavy atom. The van der Waals surface area contributed by atoms with Crippen molar-refractivity contribution in [2.45, 2.75) is 33.2 Å².